The number of rotatable bonds is 5. The predicted molar refractivity (Wildman–Crippen MR) is 103 cm³/mol. The van der Waals surface area contributed by atoms with E-state index >= 15 is 0 Å². The first-order chi connectivity index (χ1) is 13.0. The van der Waals surface area contributed by atoms with E-state index in [-0.39, 0.29) is 24.9 Å². The molecule has 2 heterocycles. The van der Waals surface area contributed by atoms with E-state index in [1.54, 1.807) is 0 Å². The van der Waals surface area contributed by atoms with Gasteiger partial charge in [-0.2, -0.15) is 0 Å². The number of morpholine rings is 1. The number of hydrogen-bond donors (Lipinski definition) is 4. The van der Waals surface area contributed by atoms with Crippen molar-refractivity contribution in [3.05, 3.63) is 23.8 Å². The van der Waals surface area contributed by atoms with Gasteiger partial charge in [0.1, 0.15) is 25.3 Å². The molecule has 1 amide bonds. The van der Waals surface area contributed by atoms with E-state index in [9.17, 15) is 4.79 Å². The zero-order chi connectivity index (χ0) is 19.2. The van der Waals surface area contributed by atoms with E-state index in [2.05, 4.69) is 30.0 Å². The molecule has 2 atom stereocenters. The van der Waals surface area contributed by atoms with Crippen LogP contribution in [-0.4, -0.2) is 49.7 Å². The third-order valence-corrected chi connectivity index (χ3v) is 4.77. The van der Waals surface area contributed by atoms with Gasteiger partial charge < -0.3 is 24.4 Å². The zero-order valence-electron chi connectivity index (χ0n) is 15.7. The van der Waals surface area contributed by atoms with Gasteiger partial charge in [-0.3, -0.25) is 15.6 Å². The van der Waals surface area contributed by atoms with E-state index in [0.29, 0.717) is 18.1 Å². The Labute approximate surface area is 164 Å². The van der Waals surface area contributed by atoms with Crippen LogP contribution in [0, 0.1) is 0 Å². The van der Waals surface area contributed by atoms with Crippen molar-refractivity contribution in [1.29, 1.82) is 0 Å². The Morgan fingerprint density at radius 2 is 1.93 bits per heavy atom. The summed E-state index contributed by atoms with van der Waals surface area (Å²) in [5, 5.41) is 3.41. The van der Waals surface area contributed by atoms with E-state index < -0.39 is 0 Å². The second kappa shape index (κ2) is 9.20. The van der Waals surface area contributed by atoms with Gasteiger partial charge >= 0.3 is 0 Å². The van der Waals surface area contributed by atoms with E-state index in [1.165, 1.54) is 4.90 Å². The van der Waals surface area contributed by atoms with Crippen LogP contribution in [0.15, 0.2) is 18.2 Å². The monoisotopic (exact) mass is 395 g/mol. The lowest BCUT2D eigenvalue weighted by Gasteiger charge is -2.32. The number of carbonyl (C=O) groups excluding carboxylic acids is 1. The van der Waals surface area contributed by atoms with Gasteiger partial charge in [-0.25, -0.2) is 0 Å². The molecule has 0 radical (unpaired) electrons. The summed E-state index contributed by atoms with van der Waals surface area (Å²) in [4.78, 5) is 13.4. The van der Waals surface area contributed by atoms with Crippen LogP contribution in [0.4, 0.5) is 0 Å². The Morgan fingerprint density at radius 3 is 2.70 bits per heavy atom. The van der Waals surface area contributed by atoms with Crippen LogP contribution in [-0.2, 0) is 16.1 Å². The second-order valence-corrected chi connectivity index (χ2v) is 7.37. The van der Waals surface area contributed by atoms with Crippen LogP contribution in [0.3, 0.4) is 0 Å². The third-order valence-electron chi connectivity index (χ3n) is 4.53. The SMILES string of the molecule is C[C@@H]1C[NH+](CCC(=O)NNC(=S)NCc2ccc3c(c2)OCO3)C[C@@H](C)O1. The molecule has 0 unspecified atom stereocenters. The van der Waals surface area contributed by atoms with Crippen molar-refractivity contribution >= 4 is 23.2 Å². The summed E-state index contributed by atoms with van der Waals surface area (Å²) in [6.07, 6.45) is 0.905. The fourth-order valence-electron chi connectivity index (χ4n) is 3.35. The minimum atomic E-state index is -0.0819. The molecule has 1 aromatic carbocycles. The summed E-state index contributed by atoms with van der Waals surface area (Å²) >= 11 is 5.20. The molecule has 1 aromatic rings. The smallest absolute Gasteiger partial charge is 0.244 e. The first-order valence-corrected chi connectivity index (χ1v) is 9.60. The number of benzene rings is 1. The molecule has 2 aliphatic rings. The van der Waals surface area contributed by atoms with Gasteiger partial charge in [-0.15, -0.1) is 0 Å². The summed E-state index contributed by atoms with van der Waals surface area (Å²) in [7, 11) is 0. The molecule has 148 valence electrons. The summed E-state index contributed by atoms with van der Waals surface area (Å²) in [5.41, 5.74) is 6.39. The first kappa shape index (κ1) is 19.7. The number of thiocarbonyl (C=S) groups is 1. The van der Waals surface area contributed by atoms with Crippen molar-refractivity contribution in [2.75, 3.05) is 26.4 Å². The highest BCUT2D eigenvalue weighted by Crippen LogP contribution is 2.32. The fourth-order valence-corrected chi connectivity index (χ4v) is 3.47. The fraction of sp³-hybridized carbons (Fsp3) is 0.556. The largest absolute Gasteiger partial charge is 0.454 e. The summed E-state index contributed by atoms with van der Waals surface area (Å²) in [5.74, 6) is 1.40. The maximum Gasteiger partial charge on any atom is 0.244 e. The number of quaternary nitrogens is 1. The zero-order valence-corrected chi connectivity index (χ0v) is 16.5. The quantitative estimate of drug-likeness (QED) is 0.395. The Hall–Kier alpha value is -2.10. The topological polar surface area (TPSA) is 85.3 Å². The van der Waals surface area contributed by atoms with Gasteiger partial charge in [0.25, 0.3) is 0 Å². The van der Waals surface area contributed by atoms with Gasteiger partial charge in [-0.05, 0) is 43.8 Å². The normalized spacial score (nSPS) is 23.6. The molecule has 8 nitrogen and oxygen atoms in total. The van der Waals surface area contributed by atoms with Crippen molar-refractivity contribution in [2.24, 2.45) is 0 Å². The molecule has 0 saturated carbocycles. The Balaban J connectivity index is 1.32. The van der Waals surface area contributed by atoms with Gasteiger partial charge in [-0.1, -0.05) is 6.07 Å². The molecule has 0 spiro atoms. The lowest BCUT2D eigenvalue weighted by molar-refractivity contribution is -0.914. The van der Waals surface area contributed by atoms with Crippen LogP contribution in [0.5, 0.6) is 11.5 Å². The highest BCUT2D eigenvalue weighted by Gasteiger charge is 2.25. The maximum absolute atomic E-state index is 12.0. The highest BCUT2D eigenvalue weighted by atomic mass is 32.1. The number of fused-ring (bicyclic) bond motifs is 1. The lowest BCUT2D eigenvalue weighted by atomic mass is 10.2. The van der Waals surface area contributed by atoms with Crippen molar-refractivity contribution in [3.8, 4) is 11.5 Å². The second-order valence-electron chi connectivity index (χ2n) is 6.96. The summed E-state index contributed by atoms with van der Waals surface area (Å²) in [6, 6.07) is 5.71. The summed E-state index contributed by atoms with van der Waals surface area (Å²) < 4.78 is 16.4. The number of nitrogens with one attached hydrogen (secondary N) is 4. The Morgan fingerprint density at radius 1 is 1.19 bits per heavy atom. The van der Waals surface area contributed by atoms with Crippen molar-refractivity contribution < 1.29 is 23.9 Å². The van der Waals surface area contributed by atoms with Gasteiger partial charge in [0.05, 0.1) is 13.0 Å². The molecular weight excluding hydrogens is 368 g/mol. The third kappa shape index (κ3) is 5.95. The molecule has 1 fully saturated rings. The van der Waals surface area contributed by atoms with Crippen molar-refractivity contribution in [1.82, 2.24) is 16.2 Å². The van der Waals surface area contributed by atoms with Crippen LogP contribution >= 0.6 is 12.2 Å². The van der Waals surface area contributed by atoms with Crippen LogP contribution < -0.4 is 30.5 Å². The van der Waals surface area contributed by atoms with E-state index in [0.717, 1.165) is 36.7 Å². The maximum atomic E-state index is 12.0. The van der Waals surface area contributed by atoms with E-state index in [4.69, 9.17) is 26.4 Å². The molecule has 3 rings (SSSR count). The molecule has 4 N–H and O–H groups in total. The Bertz CT molecular complexity index is 677. The molecule has 9 heteroatoms. The standard InChI is InChI=1S/C18H26N4O4S/c1-12-9-22(10-13(2)26-12)6-5-17(23)20-21-18(27)19-8-14-3-4-15-16(7-14)25-11-24-15/h3-4,7,12-13H,5-6,8-11H2,1-2H3,(H,20,23)(H2,19,21,27)/p+1/t12-,13-/m1/s1. The molecule has 0 aromatic heterocycles. The number of carbonyl (C=O) groups is 1. The van der Waals surface area contributed by atoms with Crippen LogP contribution in [0.1, 0.15) is 25.8 Å². The Kier molecular flexibility index (Phi) is 6.70. The van der Waals surface area contributed by atoms with Crippen LogP contribution in [0.2, 0.25) is 0 Å². The average molecular weight is 396 g/mol. The molecule has 0 bridgehead atoms. The molecule has 1 saturated heterocycles. The number of hydrazine groups is 1. The number of ether oxygens (including phenoxy) is 3. The average Bonchev–Trinajstić information content (AvgIpc) is 3.10. The van der Waals surface area contributed by atoms with Crippen molar-refractivity contribution in [3.63, 3.8) is 0 Å². The number of amides is 1. The van der Waals surface area contributed by atoms with E-state index in [1.807, 2.05) is 18.2 Å². The molecular formula is C18H27N4O4S+. The number of hydrogen-bond acceptors (Lipinski definition) is 5. The van der Waals surface area contributed by atoms with Crippen LogP contribution in [0.25, 0.3) is 0 Å². The summed E-state index contributed by atoms with van der Waals surface area (Å²) in [6.45, 7) is 7.56. The molecule has 27 heavy (non-hydrogen) atoms. The van der Waals surface area contributed by atoms with Gasteiger partial charge in [0.2, 0.25) is 12.7 Å². The highest BCUT2D eigenvalue weighted by molar-refractivity contribution is 7.80. The lowest BCUT2D eigenvalue weighted by Crippen LogP contribution is -3.15. The van der Waals surface area contributed by atoms with Crippen molar-refractivity contribution in [2.45, 2.75) is 39.0 Å². The van der Waals surface area contributed by atoms with Gasteiger partial charge in [0, 0.05) is 6.54 Å². The van der Waals surface area contributed by atoms with Gasteiger partial charge in [0.15, 0.2) is 16.6 Å². The minimum Gasteiger partial charge on any atom is -0.454 e. The molecule has 2 aliphatic heterocycles. The predicted octanol–water partition coefficient (Wildman–Crippen LogP) is -0.507. The molecule has 0 aliphatic carbocycles. The first-order valence-electron chi connectivity index (χ1n) is 9.20. The minimum absolute atomic E-state index is 0.0819.